The van der Waals surface area contributed by atoms with Gasteiger partial charge in [0.15, 0.2) is 0 Å². The van der Waals surface area contributed by atoms with Crippen LogP contribution in [0.25, 0.3) is 5.52 Å². The summed E-state index contributed by atoms with van der Waals surface area (Å²) in [5.74, 6) is 1.26. The first-order chi connectivity index (χ1) is 8.74. The van der Waals surface area contributed by atoms with Gasteiger partial charge in [-0.15, -0.1) is 0 Å². The van der Waals surface area contributed by atoms with Crippen molar-refractivity contribution in [2.45, 2.75) is 13.3 Å². The zero-order chi connectivity index (χ0) is 12.5. The third-order valence-electron chi connectivity index (χ3n) is 3.09. The van der Waals surface area contributed by atoms with E-state index in [9.17, 15) is 5.11 Å². The molecule has 2 aromatic heterocycles. The molecule has 3 rings (SSSR count). The molecule has 18 heavy (non-hydrogen) atoms. The number of phenolic OH excluding ortho intramolecular Hbond substituents is 1. The number of phenols is 1. The monoisotopic (exact) mass is 238 g/mol. The minimum atomic E-state index is 0.321. The van der Waals surface area contributed by atoms with Crippen LogP contribution in [0.1, 0.15) is 17.0 Å². The first kappa shape index (κ1) is 10.8. The van der Waals surface area contributed by atoms with Crippen LogP contribution in [0.2, 0.25) is 0 Å². The Morgan fingerprint density at radius 1 is 1.17 bits per heavy atom. The molecule has 2 heterocycles. The summed E-state index contributed by atoms with van der Waals surface area (Å²) < 4.78 is 2.07. The Balaban J connectivity index is 2.05. The highest BCUT2D eigenvalue weighted by Gasteiger charge is 2.07. The molecule has 3 heteroatoms. The van der Waals surface area contributed by atoms with Crippen LogP contribution in [0.5, 0.6) is 5.75 Å². The lowest BCUT2D eigenvalue weighted by Gasteiger charge is -2.04. The molecule has 0 atom stereocenters. The molecule has 3 aromatic rings. The zero-order valence-corrected chi connectivity index (χ0v) is 10.2. The molecule has 0 saturated heterocycles. The SMILES string of the molecule is Cc1ccc2cnc(Cc3ccccc3O)n2c1. The fourth-order valence-corrected chi connectivity index (χ4v) is 2.11. The van der Waals surface area contributed by atoms with Gasteiger partial charge in [0.1, 0.15) is 11.6 Å². The molecule has 0 radical (unpaired) electrons. The second-order valence-corrected chi connectivity index (χ2v) is 4.48. The molecule has 90 valence electrons. The van der Waals surface area contributed by atoms with Gasteiger partial charge in [-0.1, -0.05) is 24.3 Å². The van der Waals surface area contributed by atoms with E-state index in [1.807, 2.05) is 24.4 Å². The van der Waals surface area contributed by atoms with Crippen LogP contribution in [0.15, 0.2) is 48.8 Å². The average Bonchev–Trinajstić information content (AvgIpc) is 2.75. The molecule has 0 amide bonds. The predicted molar refractivity (Wildman–Crippen MR) is 70.8 cm³/mol. The normalized spacial score (nSPS) is 10.9. The van der Waals surface area contributed by atoms with Gasteiger partial charge in [-0.2, -0.15) is 0 Å². The van der Waals surface area contributed by atoms with Crippen molar-refractivity contribution in [3.8, 4) is 5.75 Å². The Morgan fingerprint density at radius 3 is 2.83 bits per heavy atom. The minimum Gasteiger partial charge on any atom is -0.508 e. The van der Waals surface area contributed by atoms with Gasteiger partial charge in [-0.25, -0.2) is 4.98 Å². The Bertz CT molecular complexity index is 701. The van der Waals surface area contributed by atoms with Crippen molar-refractivity contribution in [2.24, 2.45) is 0 Å². The Kier molecular flexibility index (Phi) is 2.52. The number of fused-ring (bicyclic) bond motifs is 1. The van der Waals surface area contributed by atoms with Crippen LogP contribution in [0, 0.1) is 6.92 Å². The van der Waals surface area contributed by atoms with Gasteiger partial charge in [0, 0.05) is 18.2 Å². The minimum absolute atomic E-state index is 0.321. The fourth-order valence-electron chi connectivity index (χ4n) is 2.11. The molecule has 0 unspecified atom stereocenters. The maximum Gasteiger partial charge on any atom is 0.119 e. The predicted octanol–water partition coefficient (Wildman–Crippen LogP) is 2.94. The highest BCUT2D eigenvalue weighted by molar-refractivity contribution is 5.47. The van der Waals surface area contributed by atoms with Gasteiger partial charge in [-0.05, 0) is 24.6 Å². The number of aryl methyl sites for hydroxylation is 1. The largest absolute Gasteiger partial charge is 0.508 e. The number of aromatic hydroxyl groups is 1. The fraction of sp³-hybridized carbons (Fsp3) is 0.133. The number of nitrogens with zero attached hydrogens (tertiary/aromatic N) is 2. The molecular formula is C15H14N2O. The molecule has 0 aliphatic carbocycles. The first-order valence-electron chi connectivity index (χ1n) is 5.93. The van der Waals surface area contributed by atoms with Crippen LogP contribution >= 0.6 is 0 Å². The number of hydrogen-bond acceptors (Lipinski definition) is 2. The lowest BCUT2D eigenvalue weighted by atomic mass is 10.1. The van der Waals surface area contributed by atoms with E-state index >= 15 is 0 Å². The number of pyridine rings is 1. The number of imidazole rings is 1. The van der Waals surface area contributed by atoms with Gasteiger partial charge in [0.2, 0.25) is 0 Å². The van der Waals surface area contributed by atoms with Crippen molar-refractivity contribution in [3.05, 3.63) is 65.7 Å². The third kappa shape index (κ3) is 1.84. The Morgan fingerprint density at radius 2 is 2.00 bits per heavy atom. The van der Waals surface area contributed by atoms with Gasteiger partial charge in [0.05, 0.1) is 11.7 Å². The van der Waals surface area contributed by atoms with E-state index in [4.69, 9.17) is 0 Å². The third-order valence-corrected chi connectivity index (χ3v) is 3.09. The average molecular weight is 238 g/mol. The summed E-state index contributed by atoms with van der Waals surface area (Å²) in [6, 6.07) is 11.5. The number of aromatic nitrogens is 2. The summed E-state index contributed by atoms with van der Waals surface area (Å²) >= 11 is 0. The van der Waals surface area contributed by atoms with Crippen molar-refractivity contribution in [1.29, 1.82) is 0 Å². The summed E-state index contributed by atoms with van der Waals surface area (Å²) in [5.41, 5.74) is 3.16. The van der Waals surface area contributed by atoms with Gasteiger partial charge >= 0.3 is 0 Å². The molecule has 0 aliphatic heterocycles. The van der Waals surface area contributed by atoms with E-state index in [0.29, 0.717) is 12.2 Å². The lowest BCUT2D eigenvalue weighted by Crippen LogP contribution is -1.97. The topological polar surface area (TPSA) is 37.5 Å². The van der Waals surface area contributed by atoms with Crippen molar-refractivity contribution in [2.75, 3.05) is 0 Å². The standard InChI is InChI=1S/C15H14N2O/c1-11-6-7-13-9-16-15(17(13)10-11)8-12-4-2-3-5-14(12)18/h2-7,9-10,18H,8H2,1H3. The molecule has 0 bridgehead atoms. The highest BCUT2D eigenvalue weighted by Crippen LogP contribution is 2.20. The molecule has 0 saturated carbocycles. The van der Waals surface area contributed by atoms with Crippen LogP contribution in [0.4, 0.5) is 0 Å². The molecule has 0 fully saturated rings. The zero-order valence-electron chi connectivity index (χ0n) is 10.2. The van der Waals surface area contributed by atoms with Crippen LogP contribution in [-0.2, 0) is 6.42 Å². The van der Waals surface area contributed by atoms with E-state index < -0.39 is 0 Å². The summed E-state index contributed by atoms with van der Waals surface area (Å²) in [4.78, 5) is 4.42. The van der Waals surface area contributed by atoms with Crippen molar-refractivity contribution in [3.63, 3.8) is 0 Å². The number of hydrogen-bond donors (Lipinski definition) is 1. The number of benzene rings is 1. The van der Waals surface area contributed by atoms with Crippen LogP contribution in [-0.4, -0.2) is 14.5 Å². The number of rotatable bonds is 2. The van der Waals surface area contributed by atoms with Crippen LogP contribution < -0.4 is 0 Å². The molecule has 0 aliphatic rings. The first-order valence-corrected chi connectivity index (χ1v) is 5.93. The quantitative estimate of drug-likeness (QED) is 0.745. The van der Waals surface area contributed by atoms with E-state index in [2.05, 4.69) is 34.6 Å². The summed E-state index contributed by atoms with van der Waals surface area (Å²) in [7, 11) is 0. The maximum absolute atomic E-state index is 9.80. The molecule has 3 nitrogen and oxygen atoms in total. The van der Waals surface area contributed by atoms with Gasteiger partial charge in [-0.3, -0.25) is 0 Å². The van der Waals surface area contributed by atoms with E-state index in [0.717, 1.165) is 16.9 Å². The molecule has 0 spiro atoms. The number of para-hydroxylation sites is 1. The second kappa shape index (κ2) is 4.18. The van der Waals surface area contributed by atoms with Crippen molar-refractivity contribution in [1.82, 2.24) is 9.38 Å². The molecule has 1 N–H and O–H groups in total. The van der Waals surface area contributed by atoms with Crippen molar-refractivity contribution < 1.29 is 5.11 Å². The second-order valence-electron chi connectivity index (χ2n) is 4.48. The summed E-state index contributed by atoms with van der Waals surface area (Å²) in [6.45, 7) is 2.06. The van der Waals surface area contributed by atoms with Gasteiger partial charge < -0.3 is 9.51 Å². The smallest absolute Gasteiger partial charge is 0.119 e. The lowest BCUT2D eigenvalue weighted by molar-refractivity contribution is 0.469. The Labute approximate surface area is 105 Å². The van der Waals surface area contributed by atoms with Gasteiger partial charge in [0.25, 0.3) is 0 Å². The van der Waals surface area contributed by atoms with Crippen LogP contribution in [0.3, 0.4) is 0 Å². The van der Waals surface area contributed by atoms with E-state index in [1.165, 1.54) is 5.56 Å². The van der Waals surface area contributed by atoms with E-state index in [1.54, 1.807) is 6.07 Å². The highest BCUT2D eigenvalue weighted by atomic mass is 16.3. The molecular weight excluding hydrogens is 224 g/mol. The van der Waals surface area contributed by atoms with E-state index in [-0.39, 0.29) is 0 Å². The maximum atomic E-state index is 9.80. The molecule has 1 aromatic carbocycles. The Hall–Kier alpha value is -2.29. The summed E-state index contributed by atoms with van der Waals surface area (Å²) in [6.07, 6.45) is 4.55. The van der Waals surface area contributed by atoms with Crippen molar-refractivity contribution >= 4 is 5.52 Å². The summed E-state index contributed by atoms with van der Waals surface area (Å²) in [5, 5.41) is 9.80.